The number of anilines is 1. The lowest BCUT2D eigenvalue weighted by atomic mass is 9.91. The molecule has 2 rings (SSSR count). The molecule has 2 aromatic rings. The zero-order chi connectivity index (χ0) is 14.8. The van der Waals surface area contributed by atoms with Crippen LogP contribution in [0.4, 0.5) is 5.69 Å². The minimum Gasteiger partial charge on any atom is -0.479 e. The number of rotatable bonds is 4. The lowest BCUT2D eigenvalue weighted by Crippen LogP contribution is -2.40. The van der Waals surface area contributed by atoms with Gasteiger partial charge in [0.2, 0.25) is 0 Å². The largest absolute Gasteiger partial charge is 0.479 e. The highest BCUT2D eigenvalue weighted by atomic mass is 127. The minimum atomic E-state index is -1.19. The van der Waals surface area contributed by atoms with Crippen LogP contribution in [0.2, 0.25) is 0 Å². The average molecular weight is 446 g/mol. The van der Waals surface area contributed by atoms with Crippen molar-refractivity contribution in [3.63, 3.8) is 0 Å². The molecule has 0 aliphatic carbocycles. The van der Waals surface area contributed by atoms with Crippen LogP contribution in [0.3, 0.4) is 0 Å². The van der Waals surface area contributed by atoms with E-state index in [0.717, 1.165) is 13.7 Å². The zero-order valence-corrected chi connectivity index (χ0v) is 14.5. The Morgan fingerprint density at radius 2 is 1.80 bits per heavy atom. The molecule has 0 bridgehead atoms. The van der Waals surface area contributed by atoms with E-state index in [0.29, 0.717) is 5.56 Å². The summed E-state index contributed by atoms with van der Waals surface area (Å²) in [6.45, 7) is 1.66. The van der Waals surface area contributed by atoms with Crippen molar-refractivity contribution in [1.29, 1.82) is 0 Å². The molecule has 0 saturated carbocycles. The van der Waals surface area contributed by atoms with E-state index in [9.17, 15) is 9.90 Å². The second-order valence-electron chi connectivity index (χ2n) is 4.54. The number of halogens is 2. The Morgan fingerprint density at radius 3 is 2.35 bits per heavy atom. The molecule has 5 heteroatoms. The van der Waals surface area contributed by atoms with Gasteiger partial charge in [0.05, 0.1) is 0 Å². The van der Waals surface area contributed by atoms with Gasteiger partial charge >= 0.3 is 5.97 Å². The van der Waals surface area contributed by atoms with Gasteiger partial charge < -0.3 is 10.4 Å². The van der Waals surface area contributed by atoms with E-state index < -0.39 is 11.5 Å². The normalized spacial score (nSPS) is 13.6. The maximum Gasteiger partial charge on any atom is 0.333 e. The summed E-state index contributed by atoms with van der Waals surface area (Å²) in [5.74, 6) is -0.922. The predicted molar refractivity (Wildman–Crippen MR) is 91.9 cm³/mol. The fraction of sp³-hybridized carbons (Fsp3) is 0.133. The Kier molecular flexibility index (Phi) is 4.70. The number of benzene rings is 2. The minimum absolute atomic E-state index is 0.709. The number of nitrogens with one attached hydrogen (secondary N) is 1. The smallest absolute Gasteiger partial charge is 0.333 e. The van der Waals surface area contributed by atoms with Crippen LogP contribution >= 0.6 is 38.5 Å². The van der Waals surface area contributed by atoms with Gasteiger partial charge in [-0.3, -0.25) is 0 Å². The summed E-state index contributed by atoms with van der Waals surface area (Å²) in [4.78, 5) is 11.7. The van der Waals surface area contributed by atoms with Crippen molar-refractivity contribution >= 4 is 50.2 Å². The number of aliphatic carboxylic acids is 1. The molecule has 1 unspecified atom stereocenters. The third-order valence-corrected chi connectivity index (χ3v) is 4.52. The van der Waals surface area contributed by atoms with E-state index >= 15 is 0 Å². The second-order valence-corrected chi connectivity index (χ2v) is 6.64. The molecule has 1 atom stereocenters. The molecular formula is C15H13BrINO2. The SMILES string of the molecule is CC(Nc1ccccc1Br)(C(=O)O)c1ccc(I)cc1. The average Bonchev–Trinajstić information content (AvgIpc) is 2.42. The van der Waals surface area contributed by atoms with Gasteiger partial charge in [-0.2, -0.15) is 0 Å². The first-order chi connectivity index (χ1) is 9.43. The zero-order valence-electron chi connectivity index (χ0n) is 10.7. The molecule has 104 valence electrons. The highest BCUT2D eigenvalue weighted by molar-refractivity contribution is 14.1. The number of carboxylic acid groups (broad SMARTS) is 1. The van der Waals surface area contributed by atoms with E-state index in [-0.39, 0.29) is 0 Å². The Balaban J connectivity index is 2.43. The standard InChI is InChI=1S/C15H13BrINO2/c1-15(14(19)20,10-6-8-11(17)9-7-10)18-13-5-3-2-4-12(13)16/h2-9,18H,1H3,(H,19,20). The van der Waals surface area contributed by atoms with Gasteiger partial charge in [0.1, 0.15) is 0 Å². The van der Waals surface area contributed by atoms with Crippen molar-refractivity contribution in [1.82, 2.24) is 0 Å². The predicted octanol–water partition coefficient (Wildman–Crippen LogP) is 4.47. The molecule has 3 nitrogen and oxygen atoms in total. The summed E-state index contributed by atoms with van der Waals surface area (Å²) in [7, 11) is 0. The van der Waals surface area contributed by atoms with Gasteiger partial charge in [-0.1, -0.05) is 24.3 Å². The number of hydrogen-bond acceptors (Lipinski definition) is 2. The first-order valence-corrected chi connectivity index (χ1v) is 7.83. The lowest BCUT2D eigenvalue weighted by Gasteiger charge is -2.28. The van der Waals surface area contributed by atoms with E-state index in [1.54, 1.807) is 6.92 Å². The molecule has 0 spiro atoms. The number of carbonyl (C=O) groups is 1. The first kappa shape index (κ1) is 15.3. The lowest BCUT2D eigenvalue weighted by molar-refractivity contribution is -0.142. The topological polar surface area (TPSA) is 49.3 Å². The van der Waals surface area contributed by atoms with E-state index in [1.165, 1.54) is 0 Å². The fourth-order valence-electron chi connectivity index (χ4n) is 1.86. The van der Waals surface area contributed by atoms with E-state index in [2.05, 4.69) is 43.8 Å². The maximum absolute atomic E-state index is 11.7. The third-order valence-electron chi connectivity index (χ3n) is 3.11. The fourth-order valence-corrected chi connectivity index (χ4v) is 2.61. The van der Waals surface area contributed by atoms with Crippen molar-refractivity contribution < 1.29 is 9.90 Å². The molecule has 0 heterocycles. The number of hydrogen-bond donors (Lipinski definition) is 2. The van der Waals surface area contributed by atoms with Gasteiger partial charge in [0.15, 0.2) is 5.54 Å². The van der Waals surface area contributed by atoms with Crippen LogP contribution in [0, 0.1) is 3.57 Å². The van der Waals surface area contributed by atoms with Crippen LogP contribution in [0.1, 0.15) is 12.5 Å². The summed E-state index contributed by atoms with van der Waals surface area (Å²) in [5, 5.41) is 12.7. The van der Waals surface area contributed by atoms with Gasteiger partial charge in [-0.25, -0.2) is 4.79 Å². The van der Waals surface area contributed by atoms with Crippen molar-refractivity contribution in [3.8, 4) is 0 Å². The van der Waals surface area contributed by atoms with Crippen molar-refractivity contribution in [2.45, 2.75) is 12.5 Å². The van der Waals surface area contributed by atoms with Gasteiger partial charge in [-0.15, -0.1) is 0 Å². The van der Waals surface area contributed by atoms with E-state index in [1.807, 2.05) is 48.5 Å². The first-order valence-electron chi connectivity index (χ1n) is 5.95. The summed E-state index contributed by atoms with van der Waals surface area (Å²) in [6, 6.07) is 14.9. The molecule has 0 saturated heterocycles. The van der Waals surface area contributed by atoms with Crippen molar-refractivity contribution in [2.75, 3.05) is 5.32 Å². The highest BCUT2D eigenvalue weighted by Crippen LogP contribution is 2.31. The maximum atomic E-state index is 11.7. The van der Waals surface area contributed by atoms with Crippen LogP contribution in [0.15, 0.2) is 53.0 Å². The van der Waals surface area contributed by atoms with Gasteiger partial charge in [-0.05, 0) is 75.3 Å². The second kappa shape index (κ2) is 6.13. The van der Waals surface area contributed by atoms with Crippen LogP contribution in [-0.4, -0.2) is 11.1 Å². The molecule has 2 aromatic carbocycles. The molecule has 0 aliphatic rings. The molecular weight excluding hydrogens is 433 g/mol. The molecule has 0 aliphatic heterocycles. The summed E-state index contributed by atoms with van der Waals surface area (Å²) in [5.41, 5.74) is 0.269. The quantitative estimate of drug-likeness (QED) is 0.683. The Hall–Kier alpha value is -1.08. The molecule has 0 fully saturated rings. The van der Waals surface area contributed by atoms with Gasteiger partial charge in [0.25, 0.3) is 0 Å². The van der Waals surface area contributed by atoms with Crippen LogP contribution in [-0.2, 0) is 10.3 Å². The van der Waals surface area contributed by atoms with Crippen LogP contribution in [0.25, 0.3) is 0 Å². The third kappa shape index (κ3) is 3.15. The Morgan fingerprint density at radius 1 is 1.20 bits per heavy atom. The monoisotopic (exact) mass is 445 g/mol. The highest BCUT2D eigenvalue weighted by Gasteiger charge is 2.35. The van der Waals surface area contributed by atoms with Gasteiger partial charge in [0, 0.05) is 13.7 Å². The summed E-state index contributed by atoms with van der Waals surface area (Å²) < 4.78 is 1.90. The molecule has 0 aromatic heterocycles. The van der Waals surface area contributed by atoms with Crippen molar-refractivity contribution in [3.05, 3.63) is 62.1 Å². The van der Waals surface area contributed by atoms with Crippen LogP contribution in [0.5, 0.6) is 0 Å². The summed E-state index contributed by atoms with van der Waals surface area (Å²) >= 11 is 5.62. The molecule has 20 heavy (non-hydrogen) atoms. The molecule has 2 N–H and O–H groups in total. The Labute approximate surface area is 139 Å². The molecule has 0 radical (unpaired) electrons. The van der Waals surface area contributed by atoms with E-state index in [4.69, 9.17) is 0 Å². The van der Waals surface area contributed by atoms with Crippen LogP contribution < -0.4 is 5.32 Å². The molecule has 0 amide bonds. The Bertz CT molecular complexity index is 630. The summed E-state index contributed by atoms with van der Waals surface area (Å²) in [6.07, 6.45) is 0. The number of para-hydroxylation sites is 1. The number of carboxylic acids is 1. The van der Waals surface area contributed by atoms with Crippen molar-refractivity contribution in [2.24, 2.45) is 0 Å².